The van der Waals surface area contributed by atoms with Crippen molar-refractivity contribution < 1.29 is 13.2 Å². The Morgan fingerprint density at radius 2 is 2.00 bits per heavy atom. The van der Waals surface area contributed by atoms with Gasteiger partial charge in [0.05, 0.1) is 5.75 Å². The van der Waals surface area contributed by atoms with Crippen molar-refractivity contribution in [1.29, 1.82) is 0 Å². The van der Waals surface area contributed by atoms with E-state index in [0.717, 1.165) is 0 Å². The van der Waals surface area contributed by atoms with Crippen LogP contribution in [0.2, 0.25) is 10.0 Å². The smallest absolute Gasteiger partial charge is 0.235 e. The molecule has 0 spiro atoms. The summed E-state index contributed by atoms with van der Waals surface area (Å²) in [6.45, 7) is 1.25. The number of hydrogen-bond acceptors (Lipinski definition) is 3. The number of carbonyl (C=O) groups is 1. The molecule has 1 rings (SSSR count). The first-order valence-electron chi connectivity index (χ1n) is 4.69. The Hall–Kier alpha value is -0.780. The van der Waals surface area contributed by atoms with Crippen LogP contribution in [0.5, 0.6) is 0 Å². The monoisotopic (exact) mass is 295 g/mol. The van der Waals surface area contributed by atoms with Gasteiger partial charge in [0.2, 0.25) is 5.91 Å². The zero-order chi connectivity index (χ0) is 13.2. The van der Waals surface area contributed by atoms with Gasteiger partial charge in [-0.2, -0.15) is 0 Å². The van der Waals surface area contributed by atoms with Crippen LogP contribution >= 0.6 is 23.2 Å². The average Bonchev–Trinajstić information content (AvgIpc) is 2.21. The molecule has 1 aromatic carbocycles. The lowest BCUT2D eigenvalue weighted by atomic mass is 10.2. The SMILES string of the molecule is CC(C(N)=O)S(=O)(=O)Cc1ccc(Cl)cc1Cl. The maximum Gasteiger partial charge on any atom is 0.235 e. The fourth-order valence-electron chi connectivity index (χ4n) is 1.16. The van der Waals surface area contributed by atoms with Crippen molar-refractivity contribution >= 4 is 38.9 Å². The molecule has 0 heterocycles. The molecule has 0 aliphatic rings. The van der Waals surface area contributed by atoms with Crippen molar-refractivity contribution in [3.63, 3.8) is 0 Å². The molecule has 0 bridgehead atoms. The summed E-state index contributed by atoms with van der Waals surface area (Å²) in [7, 11) is -3.65. The molecule has 0 aliphatic heterocycles. The number of benzene rings is 1. The molecule has 0 fully saturated rings. The molecule has 17 heavy (non-hydrogen) atoms. The van der Waals surface area contributed by atoms with Crippen molar-refractivity contribution in [1.82, 2.24) is 0 Å². The minimum absolute atomic E-state index is 0.248. The Balaban J connectivity index is 3.02. The molecular weight excluding hydrogens is 285 g/mol. The maximum absolute atomic E-state index is 11.8. The molecule has 0 saturated carbocycles. The van der Waals surface area contributed by atoms with E-state index in [1.165, 1.54) is 25.1 Å². The van der Waals surface area contributed by atoms with Crippen LogP contribution in [0.3, 0.4) is 0 Å². The van der Waals surface area contributed by atoms with E-state index in [4.69, 9.17) is 28.9 Å². The second kappa shape index (κ2) is 5.25. The van der Waals surface area contributed by atoms with Gasteiger partial charge in [-0.1, -0.05) is 29.3 Å². The number of rotatable bonds is 4. The molecule has 1 aromatic rings. The van der Waals surface area contributed by atoms with Crippen LogP contribution in [-0.2, 0) is 20.4 Å². The molecule has 0 radical (unpaired) electrons. The van der Waals surface area contributed by atoms with Crippen LogP contribution in [0.4, 0.5) is 0 Å². The van der Waals surface area contributed by atoms with Gasteiger partial charge in [0, 0.05) is 10.0 Å². The molecule has 0 saturated heterocycles. The third kappa shape index (κ3) is 3.59. The number of halogens is 2. The molecule has 2 N–H and O–H groups in total. The minimum atomic E-state index is -3.65. The number of hydrogen-bond donors (Lipinski definition) is 1. The van der Waals surface area contributed by atoms with E-state index in [0.29, 0.717) is 10.6 Å². The molecule has 4 nitrogen and oxygen atoms in total. The summed E-state index contributed by atoms with van der Waals surface area (Å²) < 4.78 is 23.6. The predicted octanol–water partition coefficient (Wildman–Crippen LogP) is 1.78. The minimum Gasteiger partial charge on any atom is -0.369 e. The first-order valence-corrected chi connectivity index (χ1v) is 7.16. The third-order valence-electron chi connectivity index (χ3n) is 2.31. The van der Waals surface area contributed by atoms with Crippen LogP contribution in [0.1, 0.15) is 12.5 Å². The average molecular weight is 296 g/mol. The predicted molar refractivity (Wildman–Crippen MR) is 67.7 cm³/mol. The van der Waals surface area contributed by atoms with E-state index in [-0.39, 0.29) is 10.8 Å². The van der Waals surface area contributed by atoms with Gasteiger partial charge >= 0.3 is 0 Å². The molecule has 1 unspecified atom stereocenters. The summed E-state index contributed by atoms with van der Waals surface area (Å²) in [5.41, 5.74) is 5.36. The van der Waals surface area contributed by atoms with Crippen LogP contribution in [0.25, 0.3) is 0 Å². The number of carbonyl (C=O) groups excluding carboxylic acids is 1. The first kappa shape index (κ1) is 14.3. The molecule has 1 atom stereocenters. The lowest BCUT2D eigenvalue weighted by Crippen LogP contribution is -2.34. The first-order chi connectivity index (χ1) is 7.74. The number of amides is 1. The van der Waals surface area contributed by atoms with Gasteiger partial charge < -0.3 is 5.73 Å². The summed E-state index contributed by atoms with van der Waals surface area (Å²) >= 11 is 11.5. The largest absolute Gasteiger partial charge is 0.369 e. The van der Waals surface area contributed by atoms with E-state index >= 15 is 0 Å². The summed E-state index contributed by atoms with van der Waals surface area (Å²) in [5, 5.41) is -0.578. The molecule has 1 amide bonds. The van der Waals surface area contributed by atoms with Crippen LogP contribution in [0.15, 0.2) is 18.2 Å². The lowest BCUT2D eigenvalue weighted by molar-refractivity contribution is -0.117. The van der Waals surface area contributed by atoms with Gasteiger partial charge in [-0.3, -0.25) is 4.79 Å². The van der Waals surface area contributed by atoms with E-state index in [9.17, 15) is 13.2 Å². The Morgan fingerprint density at radius 3 is 2.47 bits per heavy atom. The highest BCUT2D eigenvalue weighted by atomic mass is 35.5. The zero-order valence-electron chi connectivity index (χ0n) is 8.98. The van der Waals surface area contributed by atoms with Crippen molar-refractivity contribution in [2.45, 2.75) is 17.9 Å². The summed E-state index contributed by atoms with van der Waals surface area (Å²) in [6.07, 6.45) is 0. The molecular formula is C10H11Cl2NO3S. The topological polar surface area (TPSA) is 77.2 Å². The van der Waals surface area contributed by atoms with Crippen LogP contribution in [0, 0.1) is 0 Å². The van der Waals surface area contributed by atoms with Crippen molar-refractivity contribution in [3.05, 3.63) is 33.8 Å². The Morgan fingerprint density at radius 1 is 1.41 bits per heavy atom. The number of nitrogens with two attached hydrogens (primary N) is 1. The van der Waals surface area contributed by atoms with E-state index in [1.807, 2.05) is 0 Å². The quantitative estimate of drug-likeness (QED) is 0.920. The highest BCUT2D eigenvalue weighted by molar-refractivity contribution is 7.92. The Labute approximate surface area is 110 Å². The van der Waals surface area contributed by atoms with Gasteiger partial charge in [0.1, 0.15) is 5.25 Å². The van der Waals surface area contributed by atoms with Crippen LogP contribution in [-0.4, -0.2) is 19.6 Å². The number of sulfone groups is 1. The normalized spacial score (nSPS) is 13.4. The van der Waals surface area contributed by atoms with E-state index in [1.54, 1.807) is 0 Å². The zero-order valence-corrected chi connectivity index (χ0v) is 11.3. The Bertz CT molecular complexity index is 542. The molecule has 7 heteroatoms. The van der Waals surface area contributed by atoms with Crippen molar-refractivity contribution in [2.24, 2.45) is 5.73 Å². The van der Waals surface area contributed by atoms with E-state index < -0.39 is 21.0 Å². The summed E-state index contributed by atoms with van der Waals surface area (Å²) in [5.74, 6) is -1.22. The van der Waals surface area contributed by atoms with Gasteiger partial charge in [0.25, 0.3) is 0 Å². The Kier molecular flexibility index (Phi) is 4.41. The third-order valence-corrected chi connectivity index (χ3v) is 4.92. The standard InChI is InChI=1S/C10H11Cl2NO3S/c1-6(10(13)14)17(15,16)5-7-2-3-8(11)4-9(7)12/h2-4,6H,5H2,1H3,(H2,13,14). The molecule has 0 aromatic heterocycles. The van der Waals surface area contributed by atoms with Crippen molar-refractivity contribution in [2.75, 3.05) is 0 Å². The number of primary amides is 1. The van der Waals surface area contributed by atoms with Crippen molar-refractivity contribution in [3.8, 4) is 0 Å². The van der Waals surface area contributed by atoms with Gasteiger partial charge in [-0.15, -0.1) is 0 Å². The fraction of sp³-hybridized carbons (Fsp3) is 0.300. The highest BCUT2D eigenvalue weighted by Crippen LogP contribution is 2.23. The van der Waals surface area contributed by atoms with Gasteiger partial charge in [-0.25, -0.2) is 8.42 Å². The summed E-state index contributed by atoms with van der Waals surface area (Å²) in [4.78, 5) is 10.9. The summed E-state index contributed by atoms with van der Waals surface area (Å²) in [6, 6.07) is 4.49. The van der Waals surface area contributed by atoms with E-state index in [2.05, 4.69) is 0 Å². The molecule has 94 valence electrons. The molecule has 0 aliphatic carbocycles. The second-order valence-electron chi connectivity index (χ2n) is 3.59. The fourth-order valence-corrected chi connectivity index (χ4v) is 3.00. The van der Waals surface area contributed by atoms with Gasteiger partial charge in [-0.05, 0) is 24.6 Å². The lowest BCUT2D eigenvalue weighted by Gasteiger charge is -2.10. The highest BCUT2D eigenvalue weighted by Gasteiger charge is 2.26. The van der Waals surface area contributed by atoms with Gasteiger partial charge in [0.15, 0.2) is 9.84 Å². The maximum atomic E-state index is 11.8. The second-order valence-corrected chi connectivity index (χ2v) is 6.75. The van der Waals surface area contributed by atoms with Crippen LogP contribution < -0.4 is 5.73 Å².